The molecular formula is C13H17NO4. The zero-order valence-corrected chi connectivity index (χ0v) is 10.5. The standard InChI is InChI=1S/C13H17NO4/c1-9(2)14(7-8-15)12(16)10-3-5-11(6-4-10)13(17)18/h3-6,9,15H,7-8H2,1-2H3,(H,17,18). The van der Waals surface area contributed by atoms with Crippen molar-refractivity contribution in [1.82, 2.24) is 4.90 Å². The second-order valence-corrected chi connectivity index (χ2v) is 4.20. The van der Waals surface area contributed by atoms with Crippen LogP contribution in [-0.4, -0.2) is 46.2 Å². The average Bonchev–Trinajstić information content (AvgIpc) is 2.35. The van der Waals surface area contributed by atoms with Crippen molar-refractivity contribution in [3.05, 3.63) is 35.4 Å². The molecule has 1 amide bonds. The number of aromatic carboxylic acids is 1. The third-order valence-corrected chi connectivity index (χ3v) is 2.60. The highest BCUT2D eigenvalue weighted by Gasteiger charge is 2.18. The molecule has 0 saturated carbocycles. The van der Waals surface area contributed by atoms with E-state index in [1.165, 1.54) is 29.2 Å². The minimum Gasteiger partial charge on any atom is -0.478 e. The summed E-state index contributed by atoms with van der Waals surface area (Å²) in [4.78, 5) is 24.4. The number of carboxylic acids is 1. The Bertz CT molecular complexity index is 425. The van der Waals surface area contributed by atoms with Gasteiger partial charge in [-0.3, -0.25) is 4.79 Å². The van der Waals surface area contributed by atoms with Crippen molar-refractivity contribution in [2.75, 3.05) is 13.2 Å². The van der Waals surface area contributed by atoms with E-state index in [2.05, 4.69) is 0 Å². The van der Waals surface area contributed by atoms with Crippen molar-refractivity contribution in [3.8, 4) is 0 Å². The smallest absolute Gasteiger partial charge is 0.335 e. The van der Waals surface area contributed by atoms with E-state index in [0.29, 0.717) is 5.56 Å². The minimum atomic E-state index is -1.02. The number of amides is 1. The van der Waals surface area contributed by atoms with Crippen molar-refractivity contribution >= 4 is 11.9 Å². The van der Waals surface area contributed by atoms with Crippen LogP contribution in [0.3, 0.4) is 0 Å². The van der Waals surface area contributed by atoms with Gasteiger partial charge in [-0.15, -0.1) is 0 Å². The van der Waals surface area contributed by atoms with Gasteiger partial charge in [0, 0.05) is 18.2 Å². The number of hydrogen-bond acceptors (Lipinski definition) is 3. The van der Waals surface area contributed by atoms with E-state index in [4.69, 9.17) is 10.2 Å². The Balaban J connectivity index is 2.91. The van der Waals surface area contributed by atoms with Crippen LogP contribution in [0.2, 0.25) is 0 Å². The van der Waals surface area contributed by atoms with E-state index in [-0.39, 0.29) is 30.7 Å². The lowest BCUT2D eigenvalue weighted by atomic mass is 10.1. The first-order chi connectivity index (χ1) is 8.47. The number of aliphatic hydroxyl groups excluding tert-OH is 1. The Hall–Kier alpha value is -1.88. The molecule has 0 spiro atoms. The monoisotopic (exact) mass is 251 g/mol. The van der Waals surface area contributed by atoms with Crippen molar-refractivity contribution in [2.24, 2.45) is 0 Å². The minimum absolute atomic E-state index is 0.0243. The fourth-order valence-corrected chi connectivity index (χ4v) is 1.62. The highest BCUT2D eigenvalue weighted by Crippen LogP contribution is 2.10. The maximum atomic E-state index is 12.1. The first kappa shape index (κ1) is 14.2. The Morgan fingerprint density at radius 2 is 1.67 bits per heavy atom. The molecule has 0 aliphatic rings. The molecule has 0 unspecified atom stereocenters. The van der Waals surface area contributed by atoms with E-state index in [1.54, 1.807) is 0 Å². The molecule has 0 atom stereocenters. The number of benzene rings is 1. The molecule has 0 aromatic heterocycles. The van der Waals surface area contributed by atoms with E-state index >= 15 is 0 Å². The molecule has 0 radical (unpaired) electrons. The van der Waals surface area contributed by atoms with Crippen LogP contribution in [-0.2, 0) is 0 Å². The normalized spacial score (nSPS) is 10.4. The maximum Gasteiger partial charge on any atom is 0.335 e. The summed E-state index contributed by atoms with van der Waals surface area (Å²) >= 11 is 0. The molecule has 0 saturated heterocycles. The fourth-order valence-electron chi connectivity index (χ4n) is 1.62. The summed E-state index contributed by atoms with van der Waals surface area (Å²) in [6, 6.07) is 5.74. The third-order valence-electron chi connectivity index (χ3n) is 2.60. The number of carbonyl (C=O) groups is 2. The van der Waals surface area contributed by atoms with Gasteiger partial charge in [0.25, 0.3) is 5.91 Å². The van der Waals surface area contributed by atoms with Gasteiger partial charge in [0.05, 0.1) is 12.2 Å². The van der Waals surface area contributed by atoms with Crippen LogP contribution < -0.4 is 0 Å². The lowest BCUT2D eigenvalue weighted by Gasteiger charge is -2.26. The van der Waals surface area contributed by atoms with Crippen LogP contribution in [0.15, 0.2) is 24.3 Å². The van der Waals surface area contributed by atoms with Crippen LogP contribution >= 0.6 is 0 Å². The summed E-state index contributed by atoms with van der Waals surface area (Å²) in [5.41, 5.74) is 0.562. The zero-order valence-electron chi connectivity index (χ0n) is 10.5. The van der Waals surface area contributed by atoms with Gasteiger partial charge in [-0.05, 0) is 38.1 Å². The van der Waals surface area contributed by atoms with E-state index in [1.807, 2.05) is 13.8 Å². The molecule has 98 valence electrons. The third kappa shape index (κ3) is 3.30. The molecule has 0 heterocycles. The highest BCUT2D eigenvalue weighted by molar-refractivity contribution is 5.96. The number of rotatable bonds is 5. The molecule has 0 aliphatic heterocycles. The van der Waals surface area contributed by atoms with Crippen LogP contribution in [0.4, 0.5) is 0 Å². The lowest BCUT2D eigenvalue weighted by molar-refractivity contribution is 0.0660. The predicted octanol–water partition coefficient (Wildman–Crippen LogP) is 1.23. The van der Waals surface area contributed by atoms with Gasteiger partial charge in [0.1, 0.15) is 0 Å². The molecule has 18 heavy (non-hydrogen) atoms. The van der Waals surface area contributed by atoms with Gasteiger partial charge >= 0.3 is 5.97 Å². The summed E-state index contributed by atoms with van der Waals surface area (Å²) in [5.74, 6) is -1.24. The molecule has 0 bridgehead atoms. The van der Waals surface area contributed by atoms with Gasteiger partial charge in [0.15, 0.2) is 0 Å². The maximum absolute atomic E-state index is 12.1. The summed E-state index contributed by atoms with van der Waals surface area (Å²) in [5, 5.41) is 17.7. The molecule has 0 aliphatic carbocycles. The van der Waals surface area contributed by atoms with Crippen molar-refractivity contribution in [2.45, 2.75) is 19.9 Å². The molecule has 1 aromatic carbocycles. The second kappa shape index (κ2) is 6.16. The van der Waals surface area contributed by atoms with Crippen LogP contribution in [0.1, 0.15) is 34.6 Å². The lowest BCUT2D eigenvalue weighted by Crippen LogP contribution is -2.39. The Labute approximate surface area is 106 Å². The zero-order chi connectivity index (χ0) is 13.7. The predicted molar refractivity (Wildman–Crippen MR) is 66.7 cm³/mol. The van der Waals surface area contributed by atoms with E-state index in [9.17, 15) is 9.59 Å². The Kier molecular flexibility index (Phi) is 4.85. The first-order valence-electron chi connectivity index (χ1n) is 5.72. The number of hydrogen-bond donors (Lipinski definition) is 2. The molecule has 2 N–H and O–H groups in total. The van der Waals surface area contributed by atoms with Crippen molar-refractivity contribution in [1.29, 1.82) is 0 Å². The number of nitrogens with zero attached hydrogens (tertiary/aromatic N) is 1. The van der Waals surface area contributed by atoms with E-state index < -0.39 is 5.97 Å². The summed E-state index contributed by atoms with van der Waals surface area (Å²) in [6.45, 7) is 3.88. The molecule has 0 fully saturated rings. The average molecular weight is 251 g/mol. The van der Waals surface area contributed by atoms with E-state index in [0.717, 1.165) is 0 Å². The quantitative estimate of drug-likeness (QED) is 0.825. The van der Waals surface area contributed by atoms with Crippen LogP contribution in [0, 0.1) is 0 Å². The molecule has 1 aromatic rings. The van der Waals surface area contributed by atoms with Crippen LogP contribution in [0.25, 0.3) is 0 Å². The number of carbonyl (C=O) groups excluding carboxylic acids is 1. The largest absolute Gasteiger partial charge is 0.478 e. The molecule has 1 rings (SSSR count). The van der Waals surface area contributed by atoms with Gasteiger partial charge in [-0.1, -0.05) is 0 Å². The molecular weight excluding hydrogens is 234 g/mol. The SMILES string of the molecule is CC(C)N(CCO)C(=O)c1ccc(C(=O)O)cc1. The summed E-state index contributed by atoms with van der Waals surface area (Å²) in [6.07, 6.45) is 0. The van der Waals surface area contributed by atoms with Gasteiger partial charge in [-0.2, -0.15) is 0 Å². The molecule has 5 nitrogen and oxygen atoms in total. The number of carboxylic acid groups (broad SMARTS) is 1. The first-order valence-corrected chi connectivity index (χ1v) is 5.72. The number of aliphatic hydroxyl groups is 1. The second-order valence-electron chi connectivity index (χ2n) is 4.20. The van der Waals surface area contributed by atoms with Gasteiger partial charge in [-0.25, -0.2) is 4.79 Å². The molecule has 5 heteroatoms. The van der Waals surface area contributed by atoms with Crippen molar-refractivity contribution < 1.29 is 19.8 Å². The topological polar surface area (TPSA) is 77.8 Å². The van der Waals surface area contributed by atoms with Crippen LogP contribution in [0.5, 0.6) is 0 Å². The van der Waals surface area contributed by atoms with Gasteiger partial charge < -0.3 is 15.1 Å². The Morgan fingerprint density at radius 3 is 2.06 bits per heavy atom. The summed E-state index contributed by atoms with van der Waals surface area (Å²) in [7, 11) is 0. The highest BCUT2D eigenvalue weighted by atomic mass is 16.4. The fraction of sp³-hybridized carbons (Fsp3) is 0.385. The summed E-state index contributed by atoms with van der Waals surface area (Å²) < 4.78 is 0. The van der Waals surface area contributed by atoms with Crippen molar-refractivity contribution in [3.63, 3.8) is 0 Å². The Morgan fingerprint density at radius 1 is 1.17 bits per heavy atom. The van der Waals surface area contributed by atoms with Gasteiger partial charge in [0.2, 0.25) is 0 Å².